The van der Waals surface area contributed by atoms with Crippen molar-refractivity contribution in [3.63, 3.8) is 0 Å². The lowest BCUT2D eigenvalue weighted by Gasteiger charge is -2.32. The summed E-state index contributed by atoms with van der Waals surface area (Å²) in [5.41, 5.74) is 22.5. The summed E-state index contributed by atoms with van der Waals surface area (Å²) in [6, 6.07) is 100. The fourth-order valence-electron chi connectivity index (χ4n) is 11.4. The van der Waals surface area contributed by atoms with Crippen LogP contribution in [0.2, 0.25) is 0 Å². The van der Waals surface area contributed by atoms with E-state index in [4.69, 9.17) is 0 Å². The molecule has 2 nitrogen and oxygen atoms in total. The molecule has 0 radical (unpaired) electrons. The lowest BCUT2D eigenvalue weighted by atomic mass is 9.74. The van der Waals surface area contributed by atoms with E-state index in [0.29, 0.717) is 0 Å². The lowest BCUT2D eigenvalue weighted by Crippen LogP contribution is -2.22. The number of aromatic nitrogens is 1. The Morgan fingerprint density at radius 3 is 1.57 bits per heavy atom. The molecule has 0 aliphatic heterocycles. The fraction of sp³-hybridized carbons (Fsp3) is 0.0294. The molecule has 0 amide bonds. The lowest BCUT2D eigenvalue weighted by molar-refractivity contribution is 0.714. The van der Waals surface area contributed by atoms with Gasteiger partial charge < -0.3 is 9.47 Å². The number of rotatable bonds is 9. The van der Waals surface area contributed by atoms with E-state index in [1.54, 1.807) is 0 Å². The van der Waals surface area contributed by atoms with Crippen molar-refractivity contribution >= 4 is 38.9 Å². The molecule has 1 aliphatic carbocycles. The summed E-state index contributed by atoms with van der Waals surface area (Å²) < 4.78 is 2.38. The summed E-state index contributed by atoms with van der Waals surface area (Å²) >= 11 is 0. The van der Waals surface area contributed by atoms with Crippen LogP contribution in [-0.2, 0) is 5.41 Å². The van der Waals surface area contributed by atoms with Crippen LogP contribution in [0.25, 0.3) is 83.1 Å². The average molecular weight is 893 g/mol. The SMILES string of the molecule is CC1(c2ccccc2)c2ccccc2-c2ccc(N(c3ccc(-c4ccc5c(c4)c4ccccc4n5-c4ccccc4)cc3)c3ccccc3-c3ccccc3-c3ccccc3-c3ccccc3)cc21. The van der Waals surface area contributed by atoms with Gasteiger partial charge in [0.25, 0.3) is 0 Å². The van der Waals surface area contributed by atoms with Crippen LogP contribution in [0.15, 0.2) is 273 Å². The first-order valence-corrected chi connectivity index (χ1v) is 24.3. The second-order valence-corrected chi connectivity index (χ2v) is 18.5. The molecule has 1 atom stereocenters. The molecule has 0 saturated carbocycles. The average Bonchev–Trinajstić information content (AvgIpc) is 3.91. The van der Waals surface area contributed by atoms with E-state index < -0.39 is 0 Å². The predicted octanol–water partition coefficient (Wildman–Crippen LogP) is 18.3. The van der Waals surface area contributed by atoms with Gasteiger partial charge in [-0.2, -0.15) is 0 Å². The second-order valence-electron chi connectivity index (χ2n) is 18.5. The molecular weight excluding hydrogens is 845 g/mol. The highest BCUT2D eigenvalue weighted by atomic mass is 15.1. The van der Waals surface area contributed by atoms with Crippen LogP contribution in [0.3, 0.4) is 0 Å². The highest BCUT2D eigenvalue weighted by Gasteiger charge is 2.41. The minimum Gasteiger partial charge on any atom is -0.310 e. The standard InChI is InChI=1S/C68H48N2/c1-68(50-23-7-3-8-24-50)63-34-18-15-31-58(63)59-43-42-53(46-64(59)68)69(65-35-19-16-32-60(65)57-30-14-13-29-56(57)55-28-12-11-27-54(55)48-21-5-2-6-22-48)52-40-37-47(38-41-52)49-39-44-67-62(45-49)61-33-17-20-36-66(61)70(67)51-25-9-4-10-26-51/h2-46H,1H3. The second kappa shape index (κ2) is 17.0. The third kappa shape index (κ3) is 6.71. The molecule has 1 aliphatic rings. The normalized spacial score (nSPS) is 13.8. The van der Waals surface area contributed by atoms with Crippen molar-refractivity contribution in [2.24, 2.45) is 0 Å². The monoisotopic (exact) mass is 892 g/mol. The van der Waals surface area contributed by atoms with Gasteiger partial charge in [-0.1, -0.05) is 212 Å². The summed E-state index contributed by atoms with van der Waals surface area (Å²) in [4.78, 5) is 2.48. The fourth-order valence-corrected chi connectivity index (χ4v) is 11.4. The molecule has 1 unspecified atom stereocenters. The third-order valence-electron chi connectivity index (χ3n) is 14.7. The maximum atomic E-state index is 2.48. The molecule has 2 heteroatoms. The van der Waals surface area contributed by atoms with Crippen LogP contribution in [-0.4, -0.2) is 4.57 Å². The van der Waals surface area contributed by atoms with E-state index in [9.17, 15) is 0 Å². The van der Waals surface area contributed by atoms with E-state index in [1.165, 1.54) is 88.6 Å². The molecule has 11 aromatic carbocycles. The summed E-state index contributed by atoms with van der Waals surface area (Å²) in [5, 5.41) is 2.49. The zero-order valence-electron chi connectivity index (χ0n) is 38.9. The Balaban J connectivity index is 0.989. The maximum Gasteiger partial charge on any atom is 0.0541 e. The largest absolute Gasteiger partial charge is 0.310 e. The van der Waals surface area contributed by atoms with Gasteiger partial charge >= 0.3 is 0 Å². The van der Waals surface area contributed by atoms with Crippen molar-refractivity contribution in [3.05, 3.63) is 290 Å². The zero-order valence-corrected chi connectivity index (χ0v) is 38.9. The Morgan fingerprint density at radius 1 is 0.314 bits per heavy atom. The number of para-hydroxylation sites is 3. The van der Waals surface area contributed by atoms with Crippen molar-refractivity contribution in [2.75, 3.05) is 4.90 Å². The van der Waals surface area contributed by atoms with Gasteiger partial charge in [-0.15, -0.1) is 0 Å². The van der Waals surface area contributed by atoms with Gasteiger partial charge in [0.2, 0.25) is 0 Å². The van der Waals surface area contributed by atoms with Crippen LogP contribution in [0.1, 0.15) is 23.6 Å². The van der Waals surface area contributed by atoms with Crippen molar-refractivity contribution in [2.45, 2.75) is 12.3 Å². The Kier molecular flexibility index (Phi) is 9.99. The smallest absolute Gasteiger partial charge is 0.0541 e. The molecule has 0 bridgehead atoms. The number of benzene rings is 11. The zero-order chi connectivity index (χ0) is 46.6. The van der Waals surface area contributed by atoms with Gasteiger partial charge in [-0.25, -0.2) is 0 Å². The van der Waals surface area contributed by atoms with Crippen molar-refractivity contribution in [1.82, 2.24) is 4.57 Å². The number of nitrogens with zero attached hydrogens (tertiary/aromatic N) is 2. The Bertz CT molecular complexity index is 3890. The first-order valence-electron chi connectivity index (χ1n) is 24.3. The molecular formula is C68H48N2. The van der Waals surface area contributed by atoms with Gasteiger partial charge in [0.05, 0.1) is 16.7 Å². The van der Waals surface area contributed by atoms with Crippen molar-refractivity contribution < 1.29 is 0 Å². The Labute approximate surface area is 409 Å². The quantitative estimate of drug-likeness (QED) is 0.140. The molecule has 330 valence electrons. The van der Waals surface area contributed by atoms with Crippen LogP contribution in [0.5, 0.6) is 0 Å². The number of anilines is 3. The number of hydrogen-bond donors (Lipinski definition) is 0. The van der Waals surface area contributed by atoms with Gasteiger partial charge in [0, 0.05) is 38.8 Å². The number of hydrogen-bond acceptors (Lipinski definition) is 1. The first kappa shape index (κ1) is 41.2. The third-order valence-corrected chi connectivity index (χ3v) is 14.7. The first-order chi connectivity index (χ1) is 34.6. The van der Waals surface area contributed by atoms with Gasteiger partial charge in [-0.3, -0.25) is 0 Å². The van der Waals surface area contributed by atoms with Gasteiger partial charge in [-0.05, 0) is 134 Å². The molecule has 0 spiro atoms. The van der Waals surface area contributed by atoms with E-state index in [-0.39, 0.29) is 5.41 Å². The summed E-state index contributed by atoms with van der Waals surface area (Å²) in [6.45, 7) is 2.40. The number of fused-ring (bicyclic) bond motifs is 6. The Hall–Kier alpha value is -8.98. The van der Waals surface area contributed by atoms with E-state index in [0.717, 1.165) is 28.3 Å². The molecule has 0 saturated heterocycles. The predicted molar refractivity (Wildman–Crippen MR) is 295 cm³/mol. The molecule has 0 N–H and O–H groups in total. The van der Waals surface area contributed by atoms with Crippen LogP contribution >= 0.6 is 0 Å². The van der Waals surface area contributed by atoms with E-state index >= 15 is 0 Å². The summed E-state index contributed by atoms with van der Waals surface area (Å²) in [7, 11) is 0. The maximum absolute atomic E-state index is 2.48. The summed E-state index contributed by atoms with van der Waals surface area (Å²) in [5.74, 6) is 0. The van der Waals surface area contributed by atoms with Gasteiger partial charge in [0.15, 0.2) is 0 Å². The van der Waals surface area contributed by atoms with Gasteiger partial charge in [0.1, 0.15) is 0 Å². The molecule has 13 rings (SSSR count). The van der Waals surface area contributed by atoms with Crippen molar-refractivity contribution in [1.29, 1.82) is 0 Å². The van der Waals surface area contributed by atoms with Crippen molar-refractivity contribution in [3.8, 4) is 61.3 Å². The van der Waals surface area contributed by atoms with Crippen LogP contribution < -0.4 is 4.90 Å². The molecule has 70 heavy (non-hydrogen) atoms. The molecule has 1 aromatic heterocycles. The minimum atomic E-state index is -0.353. The van der Waals surface area contributed by atoms with Crippen LogP contribution in [0, 0.1) is 0 Å². The topological polar surface area (TPSA) is 8.17 Å². The molecule has 12 aromatic rings. The Morgan fingerprint density at radius 2 is 0.829 bits per heavy atom. The minimum absolute atomic E-state index is 0.353. The van der Waals surface area contributed by atoms with Crippen LogP contribution in [0.4, 0.5) is 17.1 Å². The van der Waals surface area contributed by atoms with E-state index in [1.807, 2.05) is 0 Å². The highest BCUT2D eigenvalue weighted by molar-refractivity contribution is 6.10. The van der Waals surface area contributed by atoms with E-state index in [2.05, 4.69) is 289 Å². The molecule has 1 heterocycles. The highest BCUT2D eigenvalue weighted by Crippen LogP contribution is 2.54. The molecule has 0 fully saturated rings. The summed E-state index contributed by atoms with van der Waals surface area (Å²) in [6.07, 6.45) is 0.